The number of hydrogen-bond acceptors (Lipinski definition) is 6. The SMILES string of the molecule is O=C(NCCF)c1sc(-c2ccnc(NC(=O)C3CC3)c2)nc1OCC1CC1. The highest BCUT2D eigenvalue weighted by atomic mass is 32.1. The number of carbonyl (C=O) groups excluding carboxylic acids is 2. The van der Waals surface area contributed by atoms with E-state index in [4.69, 9.17) is 4.74 Å². The third-order valence-electron chi connectivity index (χ3n) is 4.54. The van der Waals surface area contributed by atoms with Crippen LogP contribution in [0.15, 0.2) is 18.3 Å². The van der Waals surface area contributed by atoms with Crippen LogP contribution in [0.1, 0.15) is 35.4 Å². The molecule has 2 aromatic heterocycles. The van der Waals surface area contributed by atoms with Crippen molar-refractivity contribution in [2.75, 3.05) is 25.1 Å². The first-order chi connectivity index (χ1) is 13.6. The first-order valence-electron chi connectivity index (χ1n) is 9.39. The lowest BCUT2D eigenvalue weighted by Gasteiger charge is -2.04. The number of nitrogens with one attached hydrogen (secondary N) is 2. The van der Waals surface area contributed by atoms with Gasteiger partial charge in [-0.3, -0.25) is 9.59 Å². The highest BCUT2D eigenvalue weighted by Gasteiger charge is 2.30. The summed E-state index contributed by atoms with van der Waals surface area (Å²) in [5, 5.41) is 5.91. The second kappa shape index (κ2) is 8.22. The second-order valence-corrected chi connectivity index (χ2v) is 8.04. The van der Waals surface area contributed by atoms with Crippen molar-refractivity contribution < 1.29 is 18.7 Å². The number of carbonyl (C=O) groups is 2. The molecule has 7 nitrogen and oxygen atoms in total. The fourth-order valence-electron chi connectivity index (χ4n) is 2.60. The number of anilines is 1. The fraction of sp³-hybridized carbons (Fsp3) is 0.474. The summed E-state index contributed by atoms with van der Waals surface area (Å²) in [4.78, 5) is 33.3. The molecule has 2 aliphatic rings. The maximum Gasteiger partial charge on any atom is 0.267 e. The summed E-state index contributed by atoms with van der Waals surface area (Å²) in [5.74, 6) is 0.889. The van der Waals surface area contributed by atoms with Crippen LogP contribution >= 0.6 is 11.3 Å². The van der Waals surface area contributed by atoms with E-state index in [1.165, 1.54) is 11.3 Å². The number of ether oxygens (including phenoxy) is 1. The Bertz CT molecular complexity index is 880. The lowest BCUT2D eigenvalue weighted by Crippen LogP contribution is -2.25. The van der Waals surface area contributed by atoms with Gasteiger partial charge in [0.15, 0.2) is 4.88 Å². The smallest absolute Gasteiger partial charge is 0.267 e. The summed E-state index contributed by atoms with van der Waals surface area (Å²) in [7, 11) is 0. The molecule has 28 heavy (non-hydrogen) atoms. The Hall–Kier alpha value is -2.55. The van der Waals surface area contributed by atoms with E-state index >= 15 is 0 Å². The van der Waals surface area contributed by atoms with Crippen LogP contribution < -0.4 is 15.4 Å². The molecule has 0 atom stereocenters. The van der Waals surface area contributed by atoms with Crippen molar-refractivity contribution in [3.05, 3.63) is 23.2 Å². The van der Waals surface area contributed by atoms with E-state index in [9.17, 15) is 14.0 Å². The number of pyridine rings is 1. The van der Waals surface area contributed by atoms with E-state index in [2.05, 4.69) is 20.6 Å². The summed E-state index contributed by atoms with van der Waals surface area (Å²) in [5.41, 5.74) is 0.729. The molecule has 0 unspecified atom stereocenters. The number of nitrogens with zero attached hydrogens (tertiary/aromatic N) is 2. The highest BCUT2D eigenvalue weighted by Crippen LogP contribution is 2.36. The van der Waals surface area contributed by atoms with Gasteiger partial charge in [0.05, 0.1) is 6.61 Å². The van der Waals surface area contributed by atoms with Gasteiger partial charge >= 0.3 is 0 Å². The lowest BCUT2D eigenvalue weighted by molar-refractivity contribution is -0.117. The van der Waals surface area contributed by atoms with Crippen molar-refractivity contribution in [2.24, 2.45) is 11.8 Å². The maximum atomic E-state index is 12.4. The van der Waals surface area contributed by atoms with E-state index in [1.807, 2.05) is 0 Å². The minimum atomic E-state index is -0.635. The molecule has 9 heteroatoms. The molecule has 0 spiro atoms. The molecule has 2 aliphatic carbocycles. The summed E-state index contributed by atoms with van der Waals surface area (Å²) in [6.07, 6.45) is 5.66. The van der Waals surface area contributed by atoms with Gasteiger partial charge in [-0.25, -0.2) is 14.4 Å². The van der Waals surface area contributed by atoms with Crippen molar-refractivity contribution in [3.63, 3.8) is 0 Å². The normalized spacial score (nSPS) is 15.9. The zero-order valence-electron chi connectivity index (χ0n) is 15.2. The molecule has 2 N–H and O–H groups in total. The molecule has 0 bridgehead atoms. The van der Waals surface area contributed by atoms with Crippen molar-refractivity contribution in [2.45, 2.75) is 25.7 Å². The fourth-order valence-corrected chi connectivity index (χ4v) is 3.52. The predicted molar refractivity (Wildman–Crippen MR) is 103 cm³/mol. The summed E-state index contributed by atoms with van der Waals surface area (Å²) in [6.45, 7) is -0.170. The Morgan fingerprint density at radius 1 is 1.29 bits per heavy atom. The maximum absolute atomic E-state index is 12.4. The van der Waals surface area contributed by atoms with Crippen LogP contribution in [0, 0.1) is 11.8 Å². The van der Waals surface area contributed by atoms with Gasteiger partial charge in [-0.1, -0.05) is 0 Å². The molecular weight excluding hydrogens is 383 g/mol. The predicted octanol–water partition coefficient (Wildman–Crippen LogP) is 3.04. The van der Waals surface area contributed by atoms with Crippen LogP contribution in [0.3, 0.4) is 0 Å². The van der Waals surface area contributed by atoms with Crippen molar-refractivity contribution in [1.82, 2.24) is 15.3 Å². The number of alkyl halides is 1. The Morgan fingerprint density at radius 3 is 2.82 bits per heavy atom. The van der Waals surface area contributed by atoms with Crippen LogP contribution in [0.2, 0.25) is 0 Å². The number of rotatable bonds is 9. The molecule has 2 aromatic rings. The van der Waals surface area contributed by atoms with E-state index in [0.717, 1.165) is 31.2 Å². The van der Waals surface area contributed by atoms with E-state index in [1.54, 1.807) is 18.3 Å². The Balaban J connectivity index is 1.55. The molecule has 0 radical (unpaired) electrons. The lowest BCUT2D eigenvalue weighted by atomic mass is 10.2. The van der Waals surface area contributed by atoms with Gasteiger partial charge < -0.3 is 15.4 Å². The molecule has 2 amide bonds. The van der Waals surface area contributed by atoms with Gasteiger partial charge in [0.2, 0.25) is 11.8 Å². The largest absolute Gasteiger partial charge is 0.476 e. The number of aromatic nitrogens is 2. The van der Waals surface area contributed by atoms with E-state index in [0.29, 0.717) is 28.2 Å². The Kier molecular flexibility index (Phi) is 5.52. The number of hydrogen-bond donors (Lipinski definition) is 2. The van der Waals surface area contributed by atoms with Gasteiger partial charge in [0, 0.05) is 24.2 Å². The number of thiazole rings is 1. The van der Waals surface area contributed by atoms with Gasteiger partial charge in [0.25, 0.3) is 5.91 Å². The Morgan fingerprint density at radius 2 is 2.11 bits per heavy atom. The average molecular weight is 404 g/mol. The van der Waals surface area contributed by atoms with E-state index < -0.39 is 12.6 Å². The minimum Gasteiger partial charge on any atom is -0.476 e. The minimum absolute atomic E-state index is 0.0245. The van der Waals surface area contributed by atoms with Crippen LogP contribution in [-0.4, -0.2) is 41.6 Å². The molecule has 0 aromatic carbocycles. The van der Waals surface area contributed by atoms with Crippen LogP contribution in [0.4, 0.5) is 10.2 Å². The van der Waals surface area contributed by atoms with E-state index in [-0.39, 0.29) is 24.2 Å². The Labute approximate surface area is 165 Å². The third-order valence-corrected chi connectivity index (χ3v) is 5.63. The number of halogens is 1. The summed E-state index contributed by atoms with van der Waals surface area (Å²) in [6, 6.07) is 3.49. The summed E-state index contributed by atoms with van der Waals surface area (Å²) < 4.78 is 18.2. The van der Waals surface area contributed by atoms with Gasteiger partial charge in [0.1, 0.15) is 17.5 Å². The first kappa shape index (κ1) is 18.8. The molecule has 0 saturated heterocycles. The zero-order chi connectivity index (χ0) is 19.5. The third kappa shape index (κ3) is 4.64. The topological polar surface area (TPSA) is 93.2 Å². The van der Waals surface area contributed by atoms with Crippen LogP contribution in [-0.2, 0) is 4.79 Å². The van der Waals surface area contributed by atoms with Crippen LogP contribution in [0.5, 0.6) is 5.88 Å². The molecule has 2 fully saturated rings. The van der Waals surface area contributed by atoms with Crippen molar-refractivity contribution in [3.8, 4) is 16.5 Å². The molecule has 2 heterocycles. The van der Waals surface area contributed by atoms with Crippen molar-refractivity contribution >= 4 is 29.0 Å². The molecule has 4 rings (SSSR count). The van der Waals surface area contributed by atoms with Gasteiger partial charge in [-0.05, 0) is 43.7 Å². The molecule has 2 saturated carbocycles. The summed E-state index contributed by atoms with van der Waals surface area (Å²) >= 11 is 1.18. The highest BCUT2D eigenvalue weighted by molar-refractivity contribution is 7.17. The molecular formula is C19H21FN4O3S. The molecule has 148 valence electrons. The van der Waals surface area contributed by atoms with Gasteiger partial charge in [-0.2, -0.15) is 0 Å². The van der Waals surface area contributed by atoms with Crippen LogP contribution in [0.25, 0.3) is 10.6 Å². The second-order valence-electron chi connectivity index (χ2n) is 7.05. The average Bonchev–Trinajstić information content (AvgIpc) is 3.62. The van der Waals surface area contributed by atoms with Crippen molar-refractivity contribution in [1.29, 1.82) is 0 Å². The monoisotopic (exact) mass is 404 g/mol. The standard InChI is InChI=1S/C19H21FN4O3S/c20-6-8-22-17(26)15-18(27-10-11-1-2-11)24-19(28-15)13-5-7-21-14(9-13)23-16(25)12-3-4-12/h5,7,9,11-12H,1-4,6,8,10H2,(H,22,26)(H,21,23,25). The first-order valence-corrected chi connectivity index (χ1v) is 10.2. The number of amides is 2. The molecule has 0 aliphatic heterocycles. The quantitative estimate of drug-likeness (QED) is 0.670. The van der Waals surface area contributed by atoms with Gasteiger partial charge in [-0.15, -0.1) is 11.3 Å². The zero-order valence-corrected chi connectivity index (χ0v) is 16.1.